The van der Waals surface area contributed by atoms with Gasteiger partial charge in [-0.05, 0) is 26.2 Å². The van der Waals surface area contributed by atoms with Crippen LogP contribution in [-0.2, 0) is 9.59 Å². The fourth-order valence-corrected chi connectivity index (χ4v) is 2.45. The van der Waals surface area contributed by atoms with E-state index in [0.717, 1.165) is 32.1 Å². The van der Waals surface area contributed by atoms with Gasteiger partial charge in [-0.25, -0.2) is 0 Å². The maximum absolute atomic E-state index is 12.3. The summed E-state index contributed by atoms with van der Waals surface area (Å²) in [5.41, 5.74) is -0.819. The lowest BCUT2D eigenvalue weighted by Gasteiger charge is -2.37. The lowest BCUT2D eigenvalue weighted by Crippen LogP contribution is -2.61. The molecule has 3 N–H and O–H groups in total. The highest BCUT2D eigenvalue weighted by atomic mass is 16.3. The van der Waals surface area contributed by atoms with Gasteiger partial charge in [0.15, 0.2) is 0 Å². The third-order valence-corrected chi connectivity index (χ3v) is 3.70. The van der Waals surface area contributed by atoms with E-state index in [4.69, 9.17) is 0 Å². The molecular weight excluding hydrogens is 244 g/mol. The Morgan fingerprint density at radius 2 is 1.89 bits per heavy atom. The maximum Gasteiger partial charge on any atom is 0.249 e. The first-order chi connectivity index (χ1) is 9.02. The summed E-state index contributed by atoms with van der Waals surface area (Å²) in [6, 6.07) is 0. The molecule has 0 spiro atoms. The summed E-state index contributed by atoms with van der Waals surface area (Å²) >= 11 is 0. The maximum atomic E-state index is 12.3. The van der Waals surface area contributed by atoms with Crippen LogP contribution < -0.4 is 10.6 Å². The van der Waals surface area contributed by atoms with Crippen molar-refractivity contribution in [2.45, 2.75) is 70.4 Å². The highest BCUT2D eigenvalue weighted by molar-refractivity contribution is 5.92. The number of rotatable bonds is 6. The largest absolute Gasteiger partial charge is 0.384 e. The molecule has 110 valence electrons. The minimum atomic E-state index is -1.08. The summed E-state index contributed by atoms with van der Waals surface area (Å²) in [4.78, 5) is 24.1. The fraction of sp³-hybridized carbons (Fsp3) is 0.857. The van der Waals surface area contributed by atoms with Crippen LogP contribution in [-0.4, -0.2) is 35.1 Å². The number of hydrogen-bond donors (Lipinski definition) is 3. The predicted octanol–water partition coefficient (Wildman–Crippen LogP) is 1.10. The Balaban J connectivity index is 2.68. The normalized spacial score (nSPS) is 19.5. The van der Waals surface area contributed by atoms with E-state index >= 15 is 0 Å². The van der Waals surface area contributed by atoms with Crippen LogP contribution in [0.5, 0.6) is 0 Å². The van der Waals surface area contributed by atoms with Crippen LogP contribution in [0.4, 0.5) is 0 Å². The summed E-state index contributed by atoms with van der Waals surface area (Å²) < 4.78 is 0. The number of hydrogen-bond acceptors (Lipinski definition) is 3. The van der Waals surface area contributed by atoms with E-state index in [-0.39, 0.29) is 5.91 Å². The molecule has 5 nitrogen and oxygen atoms in total. The molecule has 0 aliphatic heterocycles. The third-order valence-electron chi connectivity index (χ3n) is 3.70. The van der Waals surface area contributed by atoms with Crippen molar-refractivity contribution in [3.05, 3.63) is 0 Å². The van der Waals surface area contributed by atoms with Crippen molar-refractivity contribution in [1.82, 2.24) is 10.6 Å². The fourth-order valence-electron chi connectivity index (χ4n) is 2.45. The number of aliphatic hydroxyl groups excluding tert-OH is 1. The van der Waals surface area contributed by atoms with Gasteiger partial charge < -0.3 is 15.7 Å². The molecule has 0 aromatic carbocycles. The van der Waals surface area contributed by atoms with Gasteiger partial charge in [-0.2, -0.15) is 0 Å². The van der Waals surface area contributed by atoms with Gasteiger partial charge >= 0.3 is 0 Å². The summed E-state index contributed by atoms with van der Waals surface area (Å²) in [7, 11) is 0. The quantitative estimate of drug-likeness (QED) is 0.632. The van der Waals surface area contributed by atoms with Crippen LogP contribution in [0.25, 0.3) is 0 Å². The average molecular weight is 270 g/mol. The van der Waals surface area contributed by atoms with Crippen LogP contribution in [0.1, 0.15) is 58.8 Å². The van der Waals surface area contributed by atoms with Crippen LogP contribution in [0.3, 0.4) is 0 Å². The lowest BCUT2D eigenvalue weighted by atomic mass is 9.80. The SMILES string of the molecule is CCCCNC(=O)C1(NC(=O)C(C)O)CCCCC1. The van der Waals surface area contributed by atoms with Crippen LogP contribution in [0.2, 0.25) is 0 Å². The average Bonchev–Trinajstić information content (AvgIpc) is 2.39. The Morgan fingerprint density at radius 1 is 1.26 bits per heavy atom. The second-order valence-electron chi connectivity index (χ2n) is 5.42. The molecule has 1 unspecified atom stereocenters. The van der Waals surface area contributed by atoms with Crippen molar-refractivity contribution in [2.75, 3.05) is 6.54 Å². The first kappa shape index (κ1) is 16.0. The molecule has 1 aliphatic carbocycles. The van der Waals surface area contributed by atoms with Gasteiger partial charge in [0.1, 0.15) is 11.6 Å². The molecule has 19 heavy (non-hydrogen) atoms. The van der Waals surface area contributed by atoms with Gasteiger partial charge in [0.25, 0.3) is 0 Å². The minimum Gasteiger partial charge on any atom is -0.384 e. The van der Waals surface area contributed by atoms with Gasteiger partial charge in [-0.3, -0.25) is 9.59 Å². The molecule has 1 saturated carbocycles. The summed E-state index contributed by atoms with van der Waals surface area (Å²) in [6.45, 7) is 4.13. The third kappa shape index (κ3) is 4.49. The number of nitrogens with one attached hydrogen (secondary N) is 2. The van der Waals surface area contributed by atoms with Crippen LogP contribution in [0.15, 0.2) is 0 Å². The molecule has 0 radical (unpaired) electrons. The molecule has 0 aromatic heterocycles. The standard InChI is InChI=1S/C14H26N2O3/c1-3-4-10-15-13(19)14(8-6-5-7-9-14)16-12(18)11(2)17/h11,17H,3-10H2,1-2H3,(H,15,19)(H,16,18). The van der Waals surface area contributed by atoms with E-state index in [1.807, 2.05) is 0 Å². The van der Waals surface area contributed by atoms with Crippen molar-refractivity contribution in [2.24, 2.45) is 0 Å². The van der Waals surface area contributed by atoms with Gasteiger partial charge in [0, 0.05) is 6.54 Å². The van der Waals surface area contributed by atoms with Crippen molar-refractivity contribution in [3.63, 3.8) is 0 Å². The minimum absolute atomic E-state index is 0.102. The second-order valence-corrected chi connectivity index (χ2v) is 5.42. The molecule has 0 aromatic rings. The lowest BCUT2D eigenvalue weighted by molar-refractivity contribution is -0.138. The molecule has 0 bridgehead atoms. The molecule has 2 amide bonds. The number of unbranched alkanes of at least 4 members (excludes halogenated alkanes) is 1. The van der Waals surface area contributed by atoms with Gasteiger partial charge in [0.05, 0.1) is 0 Å². The number of aliphatic hydroxyl groups is 1. The first-order valence-electron chi connectivity index (χ1n) is 7.30. The van der Waals surface area contributed by atoms with E-state index in [2.05, 4.69) is 17.6 Å². The van der Waals surface area contributed by atoms with E-state index < -0.39 is 17.6 Å². The zero-order valence-electron chi connectivity index (χ0n) is 12.0. The van der Waals surface area contributed by atoms with Crippen molar-refractivity contribution < 1.29 is 14.7 Å². The second kappa shape index (κ2) is 7.48. The highest BCUT2D eigenvalue weighted by Crippen LogP contribution is 2.28. The number of amides is 2. The van der Waals surface area contributed by atoms with Gasteiger partial charge in [-0.15, -0.1) is 0 Å². The van der Waals surface area contributed by atoms with Crippen LogP contribution >= 0.6 is 0 Å². The topological polar surface area (TPSA) is 78.4 Å². The Morgan fingerprint density at radius 3 is 2.42 bits per heavy atom. The summed E-state index contributed by atoms with van der Waals surface area (Å²) in [5, 5.41) is 15.0. The summed E-state index contributed by atoms with van der Waals surface area (Å²) in [5.74, 6) is -0.567. The predicted molar refractivity (Wildman–Crippen MR) is 73.6 cm³/mol. The molecule has 0 saturated heterocycles. The van der Waals surface area contributed by atoms with Crippen molar-refractivity contribution in [3.8, 4) is 0 Å². The summed E-state index contributed by atoms with van der Waals surface area (Å²) in [6.07, 6.45) is 5.14. The Labute approximate surface area is 115 Å². The van der Waals surface area contributed by atoms with Crippen molar-refractivity contribution >= 4 is 11.8 Å². The molecule has 0 heterocycles. The van der Waals surface area contributed by atoms with Gasteiger partial charge in [-0.1, -0.05) is 32.6 Å². The molecule has 1 atom stereocenters. The van der Waals surface area contributed by atoms with E-state index in [9.17, 15) is 14.7 Å². The Hall–Kier alpha value is -1.10. The van der Waals surface area contributed by atoms with Crippen LogP contribution in [0, 0.1) is 0 Å². The first-order valence-corrected chi connectivity index (χ1v) is 7.30. The highest BCUT2D eigenvalue weighted by Gasteiger charge is 2.41. The molecule has 5 heteroatoms. The zero-order valence-corrected chi connectivity index (χ0v) is 12.0. The molecule has 1 fully saturated rings. The number of carbonyl (C=O) groups is 2. The number of carbonyl (C=O) groups excluding carboxylic acids is 2. The molecule has 1 rings (SSSR count). The Kier molecular flexibility index (Phi) is 6.28. The molecule has 1 aliphatic rings. The van der Waals surface area contributed by atoms with E-state index in [0.29, 0.717) is 19.4 Å². The zero-order chi connectivity index (χ0) is 14.3. The van der Waals surface area contributed by atoms with E-state index in [1.54, 1.807) is 0 Å². The Bertz CT molecular complexity index is 310. The van der Waals surface area contributed by atoms with E-state index in [1.165, 1.54) is 6.92 Å². The molecular formula is C14H26N2O3. The smallest absolute Gasteiger partial charge is 0.249 e. The van der Waals surface area contributed by atoms with Gasteiger partial charge in [0.2, 0.25) is 11.8 Å². The monoisotopic (exact) mass is 270 g/mol. The van der Waals surface area contributed by atoms with Crippen molar-refractivity contribution in [1.29, 1.82) is 0 Å².